The lowest BCUT2D eigenvalue weighted by atomic mass is 10.1. The molecule has 1 rings (SSSR count). The Morgan fingerprint density at radius 1 is 1.59 bits per heavy atom. The maximum absolute atomic E-state index is 12.8. The number of methoxy groups -OCH3 is 1. The molecule has 0 saturated carbocycles. The minimum absolute atomic E-state index is 0.128. The van der Waals surface area contributed by atoms with Crippen molar-refractivity contribution < 1.29 is 18.3 Å². The zero-order chi connectivity index (χ0) is 13.0. The van der Waals surface area contributed by atoms with E-state index in [2.05, 4.69) is 41.6 Å². The maximum atomic E-state index is 12.8. The van der Waals surface area contributed by atoms with Gasteiger partial charge >= 0.3 is 5.97 Å². The summed E-state index contributed by atoms with van der Waals surface area (Å²) in [7, 11) is 1.24. The van der Waals surface area contributed by atoms with Crippen molar-refractivity contribution in [2.75, 3.05) is 7.11 Å². The van der Waals surface area contributed by atoms with Crippen LogP contribution in [0, 0.1) is 0 Å². The van der Waals surface area contributed by atoms with Crippen LogP contribution in [0.15, 0.2) is 10.7 Å². The second-order valence-corrected chi connectivity index (χ2v) is 4.52. The molecule has 0 aliphatic carbocycles. The number of halogens is 4. The number of carbonyl (C=O) groups excluding carboxylic acids is 1. The number of pyridine rings is 1. The summed E-state index contributed by atoms with van der Waals surface area (Å²) in [4.78, 5) is 15.2. The Kier molecular flexibility index (Phi) is 5.45. The summed E-state index contributed by atoms with van der Waals surface area (Å²) >= 11 is 6.17. The Morgan fingerprint density at radius 2 is 2.24 bits per heavy atom. The summed E-state index contributed by atoms with van der Waals surface area (Å²) in [5, 5.41) is 0.208. The smallest absolute Gasteiger partial charge is 0.311 e. The summed E-state index contributed by atoms with van der Waals surface area (Å²) < 4.78 is 30.4. The average molecular weight is 373 g/mol. The number of esters is 1. The Hall–Kier alpha value is -0.560. The number of aromatic nitrogens is 1. The van der Waals surface area contributed by atoms with Gasteiger partial charge in [-0.2, -0.15) is 0 Å². The first-order valence-corrected chi connectivity index (χ1v) is 6.50. The molecule has 0 amide bonds. The molecular weight excluding hydrogens is 364 g/mol. The van der Waals surface area contributed by atoms with E-state index in [1.54, 1.807) is 0 Å². The molecule has 0 aliphatic heterocycles. The third-order valence-electron chi connectivity index (χ3n) is 2.12. The molecule has 0 atom stereocenters. The van der Waals surface area contributed by atoms with Gasteiger partial charge in [0, 0.05) is 10.9 Å². The molecule has 0 radical (unpaired) electrons. The van der Waals surface area contributed by atoms with E-state index in [9.17, 15) is 13.6 Å². The van der Waals surface area contributed by atoms with Gasteiger partial charge in [0.2, 0.25) is 0 Å². The van der Waals surface area contributed by atoms with Crippen LogP contribution in [0.2, 0.25) is 0 Å². The van der Waals surface area contributed by atoms with Crippen LogP contribution in [-0.4, -0.2) is 18.1 Å². The standard InChI is InChI=1S/C10H9Br2F2NO2/c1-17-9(16)3-7-6(4-11)5(10(13)14)2-8(12)15-7/h2,10H,3-4H2,1H3. The van der Waals surface area contributed by atoms with Crippen molar-refractivity contribution in [3.63, 3.8) is 0 Å². The van der Waals surface area contributed by atoms with Crippen LogP contribution in [0.25, 0.3) is 0 Å². The number of nitrogens with zero attached hydrogens (tertiary/aromatic N) is 1. The molecule has 0 spiro atoms. The van der Waals surface area contributed by atoms with Crippen molar-refractivity contribution in [2.24, 2.45) is 0 Å². The number of alkyl halides is 3. The fourth-order valence-corrected chi connectivity index (χ4v) is 2.42. The number of carbonyl (C=O) groups is 1. The molecule has 1 aromatic heterocycles. The van der Waals surface area contributed by atoms with Crippen molar-refractivity contribution in [3.8, 4) is 0 Å². The third-order valence-corrected chi connectivity index (χ3v) is 3.09. The minimum atomic E-state index is -2.61. The van der Waals surface area contributed by atoms with Gasteiger partial charge in [-0.15, -0.1) is 0 Å². The van der Waals surface area contributed by atoms with Crippen molar-refractivity contribution in [1.82, 2.24) is 4.98 Å². The van der Waals surface area contributed by atoms with Crippen molar-refractivity contribution in [1.29, 1.82) is 0 Å². The molecule has 17 heavy (non-hydrogen) atoms. The highest BCUT2D eigenvalue weighted by atomic mass is 79.9. The number of ether oxygens (including phenoxy) is 1. The van der Waals surface area contributed by atoms with E-state index in [-0.39, 0.29) is 21.9 Å². The van der Waals surface area contributed by atoms with Gasteiger partial charge in [-0.05, 0) is 27.6 Å². The lowest BCUT2D eigenvalue weighted by Crippen LogP contribution is -2.10. The van der Waals surface area contributed by atoms with Crippen LogP contribution in [0.4, 0.5) is 8.78 Å². The topological polar surface area (TPSA) is 39.2 Å². The highest BCUT2D eigenvalue weighted by molar-refractivity contribution is 9.10. The van der Waals surface area contributed by atoms with Gasteiger partial charge in [-0.25, -0.2) is 13.8 Å². The van der Waals surface area contributed by atoms with Gasteiger partial charge < -0.3 is 4.74 Å². The second kappa shape index (κ2) is 6.39. The van der Waals surface area contributed by atoms with Gasteiger partial charge in [0.25, 0.3) is 6.43 Å². The van der Waals surface area contributed by atoms with Crippen LogP contribution < -0.4 is 0 Å². The van der Waals surface area contributed by atoms with E-state index >= 15 is 0 Å². The normalized spacial score (nSPS) is 10.7. The Balaban J connectivity index is 3.23. The predicted octanol–water partition coefficient (Wildman–Crippen LogP) is 3.39. The summed E-state index contributed by atoms with van der Waals surface area (Å²) in [6.45, 7) is 0. The van der Waals surface area contributed by atoms with Gasteiger partial charge in [-0.1, -0.05) is 15.9 Å². The average Bonchev–Trinajstić information content (AvgIpc) is 2.28. The van der Waals surface area contributed by atoms with Crippen LogP contribution in [0.5, 0.6) is 0 Å². The molecule has 0 bridgehead atoms. The summed E-state index contributed by atoms with van der Waals surface area (Å²) in [5.41, 5.74) is 0.481. The number of hydrogen-bond acceptors (Lipinski definition) is 3. The molecule has 0 aromatic carbocycles. The maximum Gasteiger partial charge on any atom is 0.311 e. The lowest BCUT2D eigenvalue weighted by molar-refractivity contribution is -0.139. The molecule has 94 valence electrons. The van der Waals surface area contributed by atoms with Gasteiger partial charge in [-0.3, -0.25) is 4.79 Å². The Labute approximate surface area is 114 Å². The summed E-state index contributed by atoms with van der Waals surface area (Å²) in [6.07, 6.45) is -2.74. The monoisotopic (exact) mass is 371 g/mol. The summed E-state index contributed by atoms with van der Waals surface area (Å²) in [6, 6.07) is 1.25. The molecule has 3 nitrogen and oxygen atoms in total. The first kappa shape index (κ1) is 14.5. The highest BCUT2D eigenvalue weighted by Crippen LogP contribution is 2.29. The molecule has 0 aliphatic rings. The first-order valence-electron chi connectivity index (χ1n) is 4.58. The quantitative estimate of drug-likeness (QED) is 0.462. The lowest BCUT2D eigenvalue weighted by Gasteiger charge is -2.11. The van der Waals surface area contributed by atoms with E-state index in [4.69, 9.17) is 0 Å². The van der Waals surface area contributed by atoms with E-state index < -0.39 is 12.4 Å². The van der Waals surface area contributed by atoms with Crippen LogP contribution in [0.3, 0.4) is 0 Å². The Morgan fingerprint density at radius 3 is 2.71 bits per heavy atom. The summed E-state index contributed by atoms with van der Waals surface area (Å²) in [5.74, 6) is -0.516. The first-order chi connectivity index (χ1) is 7.99. The number of rotatable bonds is 4. The predicted molar refractivity (Wildman–Crippen MR) is 65.2 cm³/mol. The van der Waals surface area contributed by atoms with Crippen molar-refractivity contribution >= 4 is 37.8 Å². The molecule has 7 heteroatoms. The zero-order valence-corrected chi connectivity index (χ0v) is 12.0. The fraction of sp³-hybridized carbons (Fsp3) is 0.400. The van der Waals surface area contributed by atoms with Gasteiger partial charge in [0.1, 0.15) is 4.60 Å². The van der Waals surface area contributed by atoms with Gasteiger partial charge in [0.05, 0.1) is 19.2 Å². The largest absolute Gasteiger partial charge is 0.469 e. The van der Waals surface area contributed by atoms with Gasteiger partial charge in [0.15, 0.2) is 0 Å². The number of hydrogen-bond donors (Lipinski definition) is 0. The molecular formula is C10H9Br2F2NO2. The molecule has 1 heterocycles. The third kappa shape index (κ3) is 3.70. The van der Waals surface area contributed by atoms with E-state index in [1.807, 2.05) is 0 Å². The molecule has 0 fully saturated rings. The zero-order valence-electron chi connectivity index (χ0n) is 8.84. The minimum Gasteiger partial charge on any atom is -0.469 e. The second-order valence-electron chi connectivity index (χ2n) is 3.15. The van der Waals surface area contributed by atoms with Crippen molar-refractivity contribution in [2.45, 2.75) is 18.2 Å². The Bertz CT molecular complexity index is 427. The van der Waals surface area contributed by atoms with E-state index in [0.717, 1.165) is 0 Å². The van der Waals surface area contributed by atoms with Crippen LogP contribution >= 0.6 is 31.9 Å². The SMILES string of the molecule is COC(=O)Cc1nc(Br)cc(C(F)F)c1CBr. The van der Waals surface area contributed by atoms with Crippen molar-refractivity contribution in [3.05, 3.63) is 27.5 Å². The highest BCUT2D eigenvalue weighted by Gasteiger charge is 2.19. The van der Waals surface area contributed by atoms with E-state index in [0.29, 0.717) is 11.3 Å². The molecule has 0 N–H and O–H groups in total. The molecule has 0 unspecified atom stereocenters. The van der Waals surface area contributed by atoms with Crippen LogP contribution in [0.1, 0.15) is 23.2 Å². The van der Waals surface area contributed by atoms with Crippen LogP contribution in [-0.2, 0) is 21.3 Å². The molecule has 1 aromatic rings. The van der Waals surface area contributed by atoms with E-state index in [1.165, 1.54) is 13.2 Å². The molecule has 0 saturated heterocycles. The fourth-order valence-electron chi connectivity index (χ4n) is 1.31.